The maximum absolute atomic E-state index is 15.5. The van der Waals surface area contributed by atoms with Gasteiger partial charge in [0.2, 0.25) is 35.1 Å². The predicted octanol–water partition coefficient (Wildman–Crippen LogP) is 2.33. The number of nitrogens with zero attached hydrogens (tertiary/aromatic N) is 4. The highest BCUT2D eigenvalue weighted by molar-refractivity contribution is 6.12. The maximum Gasteiger partial charge on any atom is 0.355 e. The number of aryl methyl sites for hydroxylation is 1. The van der Waals surface area contributed by atoms with Gasteiger partial charge in [-0.15, -0.1) is 0 Å². The number of aromatic nitrogens is 2. The first kappa shape index (κ1) is 63.1. The second kappa shape index (κ2) is 27.8. The van der Waals surface area contributed by atoms with E-state index >= 15 is 4.39 Å². The van der Waals surface area contributed by atoms with Gasteiger partial charge in [-0.3, -0.25) is 48.1 Å². The number of hydrogen-bond acceptors (Lipinski definition) is 17. The quantitative estimate of drug-likeness (QED) is 0.0296. The fourth-order valence-corrected chi connectivity index (χ4v) is 11.7. The Morgan fingerprint density at radius 3 is 2.26 bits per heavy atom. The molecule has 1 saturated heterocycles. The van der Waals surface area contributed by atoms with Crippen LogP contribution in [0.3, 0.4) is 0 Å². The van der Waals surface area contributed by atoms with Gasteiger partial charge in [0.15, 0.2) is 0 Å². The van der Waals surface area contributed by atoms with Crippen LogP contribution in [0.25, 0.3) is 22.3 Å². The summed E-state index contributed by atoms with van der Waals surface area (Å²) in [6.07, 6.45) is 4.86. The van der Waals surface area contributed by atoms with E-state index in [-0.39, 0.29) is 112 Å². The molecule has 5 atom stereocenters. The number of halogens is 1. The Bertz CT molecular complexity index is 3230. The van der Waals surface area contributed by atoms with Crippen LogP contribution in [0.2, 0.25) is 0 Å². The highest BCUT2D eigenvalue weighted by Crippen LogP contribution is 2.47. The van der Waals surface area contributed by atoms with E-state index in [1.54, 1.807) is 33.8 Å². The summed E-state index contributed by atoms with van der Waals surface area (Å²) in [5.41, 5.74) is 0.866. The number of benzene rings is 1. The normalized spacial score (nSPS) is 19.1. The topological polar surface area (TPSA) is 327 Å². The lowest BCUT2D eigenvalue weighted by molar-refractivity contribution is -0.191. The number of carboxylic acid groups (broad SMARTS) is 1. The molecular weight excluding hydrogens is 1110 g/mol. The molecule has 2 aromatic heterocycles. The third-order valence-electron chi connectivity index (χ3n) is 16.0. The highest BCUT2D eigenvalue weighted by atomic mass is 19.1. The Labute approximate surface area is 489 Å². The number of aliphatic carboxylic acids is 1. The number of imide groups is 1. The number of ether oxygens (including phenoxy) is 5. The molecule has 1 aliphatic carbocycles. The molecule has 3 aromatic rings. The number of likely N-dealkylation sites (tertiary alicyclic amines) is 1. The molecule has 1 aromatic carbocycles. The van der Waals surface area contributed by atoms with Crippen LogP contribution in [-0.4, -0.2) is 161 Å². The summed E-state index contributed by atoms with van der Waals surface area (Å²) in [7, 11) is 0. The minimum absolute atomic E-state index is 0.0286. The Morgan fingerprint density at radius 2 is 1.58 bits per heavy atom. The fourth-order valence-electron chi connectivity index (χ4n) is 11.7. The first-order valence-electron chi connectivity index (χ1n) is 28.9. The van der Waals surface area contributed by atoms with Gasteiger partial charge in [-0.1, -0.05) is 27.2 Å². The molecule has 25 nitrogen and oxygen atoms in total. The predicted molar refractivity (Wildman–Crippen MR) is 298 cm³/mol. The number of cyclic esters (lactones) is 1. The molecule has 26 heteroatoms. The Hall–Kier alpha value is -7.97. The first-order valence-corrected chi connectivity index (χ1v) is 28.9. The van der Waals surface area contributed by atoms with E-state index in [1.165, 1.54) is 34.6 Å². The summed E-state index contributed by atoms with van der Waals surface area (Å²) in [4.78, 5) is 151. The molecule has 8 rings (SSSR count). The molecule has 5 aliphatic rings. The minimum Gasteiger partial charge on any atom is -0.481 e. The lowest BCUT2D eigenvalue weighted by atomic mass is 9.81. The number of esters is 2. The Morgan fingerprint density at radius 1 is 0.871 bits per heavy atom. The van der Waals surface area contributed by atoms with Gasteiger partial charge in [0.1, 0.15) is 30.5 Å². The van der Waals surface area contributed by atoms with Crippen LogP contribution in [0, 0.1) is 18.7 Å². The second-order valence-corrected chi connectivity index (χ2v) is 22.0. The van der Waals surface area contributed by atoms with Crippen molar-refractivity contribution in [3.63, 3.8) is 0 Å². The number of pyridine rings is 2. The fraction of sp³-hybridized carbons (Fsp3) is 0.559. The van der Waals surface area contributed by atoms with E-state index in [1.807, 2.05) is 0 Å². The minimum atomic E-state index is -2.19. The molecule has 0 radical (unpaired) electrons. The number of carbonyl (C=O) groups excluding carboxylic acids is 9. The van der Waals surface area contributed by atoms with E-state index in [4.69, 9.17) is 28.7 Å². The van der Waals surface area contributed by atoms with Crippen molar-refractivity contribution in [3.8, 4) is 11.4 Å². The molecule has 0 unspecified atom stereocenters. The van der Waals surface area contributed by atoms with Gasteiger partial charge < -0.3 is 59.5 Å². The summed E-state index contributed by atoms with van der Waals surface area (Å²) < 4.78 is 45.1. The van der Waals surface area contributed by atoms with Crippen molar-refractivity contribution in [1.82, 2.24) is 40.6 Å². The third kappa shape index (κ3) is 14.1. The average molecular weight is 1190 g/mol. The number of carbonyl (C=O) groups is 10. The molecule has 0 saturated carbocycles. The number of hydrogen-bond donors (Lipinski definition) is 5. The molecule has 5 N–H and O–H groups in total. The van der Waals surface area contributed by atoms with Crippen molar-refractivity contribution < 1.29 is 81.1 Å². The lowest BCUT2D eigenvalue weighted by Crippen LogP contribution is -2.57. The maximum atomic E-state index is 15.5. The van der Waals surface area contributed by atoms with E-state index in [9.17, 15) is 57.8 Å². The first-order chi connectivity index (χ1) is 40.6. The average Bonchev–Trinajstić information content (AvgIpc) is 2.54. The lowest BCUT2D eigenvalue weighted by Gasteiger charge is -2.37. The zero-order valence-corrected chi connectivity index (χ0v) is 48.4. The number of rotatable bonds is 29. The van der Waals surface area contributed by atoms with Crippen molar-refractivity contribution in [2.45, 2.75) is 148 Å². The van der Waals surface area contributed by atoms with Gasteiger partial charge in [0.25, 0.3) is 17.4 Å². The summed E-state index contributed by atoms with van der Waals surface area (Å²) in [6, 6.07) is -1.77. The van der Waals surface area contributed by atoms with Crippen molar-refractivity contribution >= 4 is 70.2 Å². The second-order valence-electron chi connectivity index (χ2n) is 22.0. The van der Waals surface area contributed by atoms with Crippen LogP contribution in [0.1, 0.15) is 131 Å². The number of carboxylic acids is 1. The van der Waals surface area contributed by atoms with Crippen LogP contribution < -0.4 is 26.8 Å². The van der Waals surface area contributed by atoms with Crippen LogP contribution in [-0.2, 0) is 96.8 Å². The zero-order valence-electron chi connectivity index (χ0n) is 48.4. The van der Waals surface area contributed by atoms with Crippen molar-refractivity contribution in [2.75, 3.05) is 59.3 Å². The van der Waals surface area contributed by atoms with Gasteiger partial charge in [0, 0.05) is 74.1 Å². The molecule has 85 heavy (non-hydrogen) atoms. The molecular formula is C59H73FN8O17. The van der Waals surface area contributed by atoms with Gasteiger partial charge in [0.05, 0.1) is 81.1 Å². The number of fused-ring (bicyclic) bond motifs is 5. The van der Waals surface area contributed by atoms with Gasteiger partial charge in [-0.05, 0) is 80.5 Å². The van der Waals surface area contributed by atoms with Crippen LogP contribution in [0.15, 0.2) is 29.1 Å². The van der Waals surface area contributed by atoms with Gasteiger partial charge in [-0.2, -0.15) is 0 Å². The smallest absolute Gasteiger partial charge is 0.355 e. The Balaban J connectivity index is 0.822. The molecule has 6 heterocycles. The van der Waals surface area contributed by atoms with Crippen molar-refractivity contribution in [3.05, 3.63) is 73.8 Å². The van der Waals surface area contributed by atoms with E-state index < -0.39 is 95.7 Å². The summed E-state index contributed by atoms with van der Waals surface area (Å²) in [6.45, 7) is 9.07. The zero-order chi connectivity index (χ0) is 61.3. The number of amides is 7. The summed E-state index contributed by atoms with van der Waals surface area (Å²) >= 11 is 0. The molecule has 0 bridgehead atoms. The molecule has 7 amide bonds. The van der Waals surface area contributed by atoms with E-state index in [0.717, 1.165) is 16.0 Å². The van der Waals surface area contributed by atoms with E-state index in [2.05, 4.69) is 21.3 Å². The van der Waals surface area contributed by atoms with Crippen LogP contribution in [0.5, 0.6) is 0 Å². The molecule has 4 aliphatic heterocycles. The van der Waals surface area contributed by atoms with E-state index in [0.29, 0.717) is 85.8 Å². The van der Waals surface area contributed by atoms with Gasteiger partial charge in [-0.25, -0.2) is 19.0 Å². The Kier molecular flexibility index (Phi) is 20.6. The van der Waals surface area contributed by atoms with Crippen molar-refractivity contribution in [2.24, 2.45) is 5.92 Å². The third-order valence-corrected chi connectivity index (χ3v) is 16.0. The summed E-state index contributed by atoms with van der Waals surface area (Å²) in [5.74, 6) is -7.90. The SMILES string of the molecule is CC[C@@]1(OC(=O)[C@@H](NC(=O)[C@@H]2CCCN2C(=O)[C@H](CC(=O)O)NC(=O)CCOCCOCCOCCNC(=O)CCCCCN2C(=O)C=CC2=O)C(C)C)C(=O)OCc2c1cc1n(c2=O)Cc2c-1nc1cc(F)c(C)c3c1c2[C@@H](NC(C)=O)CC3. The highest BCUT2D eigenvalue weighted by Gasteiger charge is 2.52. The number of unbranched alkanes of at least 4 members (excludes halogenated alkanes) is 2. The molecule has 0 spiro atoms. The van der Waals surface area contributed by atoms with Crippen LogP contribution in [0.4, 0.5) is 4.39 Å². The standard InChI is InChI=1S/C59H73FN8O17/c1-6-59(38-27-44-53-36(30-68(44)55(77)37(38)31-84-58(59)80)51-40(62-34(5)69)14-13-35-33(4)39(60)28-41(64-53)50(35)51)85-57(79)52(32(2)3)65-54(76)43-11-10-20-66(43)56(78)42(29-49(74)75)63-46(71)17-21-81-23-25-83-26-24-82-22-18-61-45(70)12-8-7-9-19-67-47(72)15-16-48(67)73/h15-16,27-28,32,40,42-43,52H,6-14,17-26,29-31H2,1-5H3,(H,61,70)(H,62,69)(H,63,71)(H,65,76)(H,74,75)/t40-,42-,43-,52-,59-/m0/s1. The molecule has 458 valence electrons. The largest absolute Gasteiger partial charge is 0.481 e. The monoisotopic (exact) mass is 1180 g/mol. The van der Waals surface area contributed by atoms with Crippen LogP contribution >= 0.6 is 0 Å². The van der Waals surface area contributed by atoms with Gasteiger partial charge >= 0.3 is 17.9 Å². The van der Waals surface area contributed by atoms with Crippen molar-refractivity contribution in [1.29, 1.82) is 0 Å². The summed E-state index contributed by atoms with van der Waals surface area (Å²) in [5, 5.41) is 21.4. The number of nitrogens with one attached hydrogen (secondary N) is 4. The molecule has 1 fully saturated rings.